The van der Waals surface area contributed by atoms with Crippen LogP contribution in [-0.2, 0) is 0 Å². The fraction of sp³-hybridized carbons (Fsp3) is 0.125. The molecule has 3 heterocycles. The Morgan fingerprint density at radius 1 is 1.00 bits per heavy atom. The highest BCUT2D eigenvalue weighted by molar-refractivity contribution is 9.10. The number of aromatic nitrogens is 5. The lowest BCUT2D eigenvalue weighted by Crippen LogP contribution is -2.34. The predicted molar refractivity (Wildman–Crippen MR) is 90.0 cm³/mol. The summed E-state index contributed by atoms with van der Waals surface area (Å²) in [7, 11) is 0. The zero-order valence-corrected chi connectivity index (χ0v) is 14.6. The SMILES string of the molecule is CC(c1nc(Br)nn1-c1ncccn1)N1C(=O)c2ccccc2C1=O. The van der Waals surface area contributed by atoms with Crippen LogP contribution in [0.3, 0.4) is 0 Å². The molecule has 9 heteroatoms. The second-order valence-corrected chi connectivity index (χ2v) is 6.11. The normalized spacial score (nSPS) is 14.7. The Balaban J connectivity index is 1.78. The average molecular weight is 399 g/mol. The first kappa shape index (κ1) is 15.6. The Kier molecular flexibility index (Phi) is 3.65. The van der Waals surface area contributed by atoms with Gasteiger partial charge in [0.05, 0.1) is 17.2 Å². The van der Waals surface area contributed by atoms with Crippen molar-refractivity contribution in [1.29, 1.82) is 0 Å². The molecule has 0 fully saturated rings. The Hall–Kier alpha value is -2.94. The van der Waals surface area contributed by atoms with Crippen molar-refractivity contribution in [2.45, 2.75) is 13.0 Å². The van der Waals surface area contributed by atoms with Crippen LogP contribution >= 0.6 is 15.9 Å². The van der Waals surface area contributed by atoms with Gasteiger partial charge in [-0.15, -0.1) is 5.10 Å². The molecule has 1 unspecified atom stereocenters. The molecule has 2 aromatic heterocycles. The van der Waals surface area contributed by atoms with Gasteiger partial charge in [-0.25, -0.2) is 15.0 Å². The van der Waals surface area contributed by atoms with Crippen LogP contribution in [0.2, 0.25) is 0 Å². The van der Waals surface area contributed by atoms with Crippen LogP contribution in [0, 0.1) is 0 Å². The van der Waals surface area contributed by atoms with Gasteiger partial charge in [0, 0.05) is 12.4 Å². The molecule has 0 saturated heterocycles. The summed E-state index contributed by atoms with van der Waals surface area (Å²) in [6.45, 7) is 1.72. The first-order valence-electron chi connectivity index (χ1n) is 7.44. The topological polar surface area (TPSA) is 93.9 Å². The Morgan fingerprint density at radius 2 is 1.60 bits per heavy atom. The van der Waals surface area contributed by atoms with Gasteiger partial charge in [0.25, 0.3) is 17.8 Å². The van der Waals surface area contributed by atoms with Crippen molar-refractivity contribution in [3.63, 3.8) is 0 Å². The fourth-order valence-corrected chi connectivity index (χ4v) is 3.13. The summed E-state index contributed by atoms with van der Waals surface area (Å²) in [6, 6.07) is 7.79. The molecule has 1 aliphatic heterocycles. The summed E-state index contributed by atoms with van der Waals surface area (Å²) in [5, 5.41) is 4.22. The molecule has 3 aromatic rings. The molecule has 124 valence electrons. The van der Waals surface area contributed by atoms with E-state index >= 15 is 0 Å². The lowest BCUT2D eigenvalue weighted by Gasteiger charge is -2.21. The smallest absolute Gasteiger partial charge is 0.262 e. The number of benzene rings is 1. The maximum Gasteiger partial charge on any atom is 0.262 e. The third-order valence-corrected chi connectivity index (χ3v) is 4.27. The summed E-state index contributed by atoms with van der Waals surface area (Å²) < 4.78 is 1.73. The third-order valence-electron chi connectivity index (χ3n) is 3.93. The van der Waals surface area contributed by atoms with Crippen LogP contribution in [-0.4, -0.2) is 41.4 Å². The molecule has 4 rings (SSSR count). The maximum atomic E-state index is 12.7. The number of nitrogens with zero attached hydrogens (tertiary/aromatic N) is 6. The predicted octanol–water partition coefficient (Wildman–Crippen LogP) is 2.18. The minimum Gasteiger partial charge on any atom is -0.269 e. The molecule has 25 heavy (non-hydrogen) atoms. The van der Waals surface area contributed by atoms with Crippen LogP contribution in [0.4, 0.5) is 0 Å². The van der Waals surface area contributed by atoms with Crippen molar-refractivity contribution >= 4 is 27.7 Å². The standard InChI is InChI=1S/C16H11BrN6O2/c1-9(22-13(24)10-5-2-3-6-11(10)14(22)25)12-20-15(17)21-23(12)16-18-7-4-8-19-16/h2-9H,1H3. The summed E-state index contributed by atoms with van der Waals surface area (Å²) in [5.74, 6) is -0.0211. The van der Waals surface area contributed by atoms with Gasteiger partial charge in [0.15, 0.2) is 5.82 Å². The second kappa shape index (κ2) is 5.85. The molecule has 0 aliphatic carbocycles. The number of halogens is 1. The molecule has 1 aliphatic rings. The van der Waals surface area contributed by atoms with E-state index in [1.807, 2.05) is 0 Å². The molecule has 1 aromatic carbocycles. The van der Waals surface area contributed by atoms with E-state index in [4.69, 9.17) is 0 Å². The van der Waals surface area contributed by atoms with Crippen molar-refractivity contribution in [1.82, 2.24) is 29.6 Å². The van der Waals surface area contributed by atoms with E-state index in [-0.39, 0.29) is 11.8 Å². The van der Waals surface area contributed by atoms with E-state index in [9.17, 15) is 9.59 Å². The number of carbonyl (C=O) groups is 2. The van der Waals surface area contributed by atoms with Crippen molar-refractivity contribution in [3.05, 3.63) is 64.4 Å². The molecule has 0 bridgehead atoms. The quantitative estimate of drug-likeness (QED) is 0.627. The van der Waals surface area contributed by atoms with Crippen molar-refractivity contribution in [3.8, 4) is 5.95 Å². The Morgan fingerprint density at radius 3 is 2.20 bits per heavy atom. The Labute approximate surface area is 150 Å². The minimum absolute atomic E-state index is 0.305. The lowest BCUT2D eigenvalue weighted by atomic mass is 10.1. The molecular weight excluding hydrogens is 388 g/mol. The van der Waals surface area contributed by atoms with E-state index in [0.717, 1.165) is 0 Å². The number of hydrogen-bond donors (Lipinski definition) is 0. The highest BCUT2D eigenvalue weighted by Crippen LogP contribution is 2.31. The van der Waals surface area contributed by atoms with E-state index < -0.39 is 6.04 Å². The number of imide groups is 1. The van der Waals surface area contributed by atoms with Crippen LogP contribution < -0.4 is 0 Å². The van der Waals surface area contributed by atoms with Crippen LogP contribution in [0.5, 0.6) is 0 Å². The molecule has 2 amide bonds. The van der Waals surface area contributed by atoms with Gasteiger partial charge in [-0.2, -0.15) is 4.68 Å². The van der Waals surface area contributed by atoms with Crippen LogP contribution in [0.15, 0.2) is 47.5 Å². The molecular formula is C16H11BrN6O2. The number of carbonyl (C=O) groups excluding carboxylic acids is 2. The largest absolute Gasteiger partial charge is 0.269 e. The van der Waals surface area contributed by atoms with Gasteiger partial charge in [-0.1, -0.05) is 12.1 Å². The van der Waals surface area contributed by atoms with E-state index in [1.54, 1.807) is 49.6 Å². The van der Waals surface area contributed by atoms with Crippen molar-refractivity contribution < 1.29 is 9.59 Å². The highest BCUT2D eigenvalue weighted by Gasteiger charge is 2.40. The molecule has 0 saturated carbocycles. The number of fused-ring (bicyclic) bond motifs is 1. The van der Waals surface area contributed by atoms with Gasteiger partial charge in [-0.3, -0.25) is 14.5 Å². The van der Waals surface area contributed by atoms with E-state index in [0.29, 0.717) is 27.6 Å². The third kappa shape index (κ3) is 2.43. The summed E-state index contributed by atoms with van der Waals surface area (Å²) in [5.41, 5.74) is 0.779. The molecule has 8 nitrogen and oxygen atoms in total. The first-order chi connectivity index (χ1) is 12.1. The average Bonchev–Trinajstić information content (AvgIpc) is 3.14. The molecule has 0 spiro atoms. The number of amides is 2. The molecule has 0 radical (unpaired) electrons. The van der Waals surface area contributed by atoms with Gasteiger partial charge in [0.2, 0.25) is 4.73 Å². The summed E-state index contributed by atoms with van der Waals surface area (Å²) in [6.07, 6.45) is 3.16. The first-order valence-corrected chi connectivity index (χ1v) is 8.24. The highest BCUT2D eigenvalue weighted by atomic mass is 79.9. The van der Waals surface area contributed by atoms with E-state index in [2.05, 4.69) is 36.0 Å². The van der Waals surface area contributed by atoms with E-state index in [1.165, 1.54) is 9.58 Å². The van der Waals surface area contributed by atoms with Gasteiger partial charge < -0.3 is 0 Å². The monoisotopic (exact) mass is 398 g/mol. The van der Waals surface area contributed by atoms with Crippen LogP contribution in [0.1, 0.15) is 39.5 Å². The molecule has 1 atom stereocenters. The second-order valence-electron chi connectivity index (χ2n) is 5.40. The van der Waals surface area contributed by atoms with Crippen molar-refractivity contribution in [2.75, 3.05) is 0 Å². The minimum atomic E-state index is -0.644. The summed E-state index contributed by atoms with van der Waals surface area (Å²) >= 11 is 3.23. The maximum absolute atomic E-state index is 12.7. The lowest BCUT2D eigenvalue weighted by molar-refractivity contribution is 0.0587. The zero-order chi connectivity index (χ0) is 17.6. The molecule has 0 N–H and O–H groups in total. The van der Waals surface area contributed by atoms with Gasteiger partial charge >= 0.3 is 0 Å². The Bertz CT molecular complexity index is 952. The zero-order valence-electron chi connectivity index (χ0n) is 13.0. The number of hydrogen-bond acceptors (Lipinski definition) is 6. The number of rotatable bonds is 3. The van der Waals surface area contributed by atoms with Gasteiger partial charge in [-0.05, 0) is 41.1 Å². The summed E-state index contributed by atoms with van der Waals surface area (Å²) in [4.78, 5) is 39.1. The van der Waals surface area contributed by atoms with Crippen molar-refractivity contribution in [2.24, 2.45) is 0 Å². The fourth-order valence-electron chi connectivity index (χ4n) is 2.79. The van der Waals surface area contributed by atoms with Crippen LogP contribution in [0.25, 0.3) is 5.95 Å². The van der Waals surface area contributed by atoms with Gasteiger partial charge in [0.1, 0.15) is 0 Å².